The molecule has 5 heteroatoms. The molecule has 14 heavy (non-hydrogen) atoms. The lowest BCUT2D eigenvalue weighted by atomic mass is 10.2. The highest BCUT2D eigenvalue weighted by atomic mass is 35.5. The van der Waals surface area contributed by atoms with Crippen molar-refractivity contribution in [1.82, 2.24) is 9.97 Å². The van der Waals surface area contributed by atoms with E-state index in [4.69, 9.17) is 11.6 Å². The zero-order chi connectivity index (χ0) is 10.4. The molecule has 1 rings (SSSR count). The van der Waals surface area contributed by atoms with E-state index in [2.05, 4.69) is 28.5 Å². The number of halogens is 1. The van der Waals surface area contributed by atoms with Crippen molar-refractivity contribution in [3.05, 3.63) is 17.5 Å². The molecule has 3 nitrogen and oxygen atoms in total. The molecule has 1 atom stereocenters. The number of hydrogen-bond acceptors (Lipinski definition) is 4. The molecule has 1 unspecified atom stereocenters. The predicted molar refractivity (Wildman–Crippen MR) is 63.1 cm³/mol. The minimum absolute atomic E-state index is 0.434. The third-order valence-corrected chi connectivity index (χ3v) is 2.90. The van der Waals surface area contributed by atoms with Crippen molar-refractivity contribution in [2.45, 2.75) is 6.92 Å². The summed E-state index contributed by atoms with van der Waals surface area (Å²) in [4.78, 5) is 8.04. The van der Waals surface area contributed by atoms with Crippen molar-refractivity contribution in [2.24, 2.45) is 5.92 Å². The van der Waals surface area contributed by atoms with Crippen LogP contribution in [0.15, 0.2) is 12.4 Å². The zero-order valence-electron chi connectivity index (χ0n) is 8.33. The summed E-state index contributed by atoms with van der Waals surface area (Å²) >= 11 is 7.68. The van der Waals surface area contributed by atoms with E-state index in [0.29, 0.717) is 16.9 Å². The summed E-state index contributed by atoms with van der Waals surface area (Å²) in [6, 6.07) is 0. The van der Waals surface area contributed by atoms with Crippen molar-refractivity contribution in [1.29, 1.82) is 0 Å². The Morgan fingerprint density at radius 3 is 2.86 bits per heavy atom. The lowest BCUT2D eigenvalue weighted by molar-refractivity contribution is 0.699. The Hall–Kier alpha value is -0.480. The molecule has 0 radical (unpaired) electrons. The minimum atomic E-state index is 0.434. The van der Waals surface area contributed by atoms with Crippen LogP contribution in [0.4, 0.5) is 5.82 Å². The molecule has 0 bridgehead atoms. The zero-order valence-corrected chi connectivity index (χ0v) is 9.90. The van der Waals surface area contributed by atoms with Gasteiger partial charge in [0.15, 0.2) is 11.0 Å². The molecule has 0 saturated carbocycles. The Bertz CT molecular complexity index is 283. The van der Waals surface area contributed by atoms with E-state index in [1.165, 1.54) is 0 Å². The van der Waals surface area contributed by atoms with E-state index in [-0.39, 0.29) is 0 Å². The van der Waals surface area contributed by atoms with E-state index in [1.807, 2.05) is 11.8 Å². The topological polar surface area (TPSA) is 37.8 Å². The van der Waals surface area contributed by atoms with Crippen LogP contribution in [-0.2, 0) is 0 Å². The normalized spacial score (nSPS) is 12.5. The van der Waals surface area contributed by atoms with Crippen LogP contribution >= 0.6 is 23.4 Å². The molecule has 78 valence electrons. The Labute approximate surface area is 93.7 Å². The molecule has 0 spiro atoms. The van der Waals surface area contributed by atoms with Crippen LogP contribution in [0.2, 0.25) is 5.15 Å². The highest BCUT2D eigenvalue weighted by molar-refractivity contribution is 7.98. The maximum atomic E-state index is 5.84. The van der Waals surface area contributed by atoms with Gasteiger partial charge in [0, 0.05) is 18.9 Å². The first kappa shape index (κ1) is 11.6. The third kappa shape index (κ3) is 3.72. The van der Waals surface area contributed by atoms with Crippen LogP contribution in [0.3, 0.4) is 0 Å². The molecule has 1 aromatic heterocycles. The van der Waals surface area contributed by atoms with Gasteiger partial charge in [-0.25, -0.2) is 9.97 Å². The molecule has 1 heterocycles. The number of thioether (sulfide) groups is 1. The number of hydrogen-bond donors (Lipinski definition) is 1. The molecule has 0 saturated heterocycles. The third-order valence-electron chi connectivity index (χ3n) is 1.72. The van der Waals surface area contributed by atoms with Crippen LogP contribution < -0.4 is 5.32 Å². The maximum absolute atomic E-state index is 5.84. The van der Waals surface area contributed by atoms with Gasteiger partial charge in [-0.1, -0.05) is 18.5 Å². The Balaban J connectivity index is 2.41. The van der Waals surface area contributed by atoms with Gasteiger partial charge < -0.3 is 5.32 Å². The van der Waals surface area contributed by atoms with Gasteiger partial charge in [-0.05, 0) is 17.9 Å². The van der Waals surface area contributed by atoms with E-state index < -0.39 is 0 Å². The molecule has 0 fully saturated rings. The molecule has 0 aliphatic rings. The lowest BCUT2D eigenvalue weighted by Crippen LogP contribution is -2.14. The number of nitrogens with one attached hydrogen (secondary N) is 1. The summed E-state index contributed by atoms with van der Waals surface area (Å²) in [6.45, 7) is 3.06. The number of rotatable bonds is 5. The van der Waals surface area contributed by atoms with Crippen molar-refractivity contribution < 1.29 is 0 Å². The standard InChI is InChI=1S/C9H14ClN3S/c1-7(6-14-2)5-13-9-8(10)11-3-4-12-9/h3-4,7H,5-6H2,1-2H3,(H,12,13). The van der Waals surface area contributed by atoms with Crippen molar-refractivity contribution in [3.63, 3.8) is 0 Å². The van der Waals surface area contributed by atoms with E-state index in [1.54, 1.807) is 12.4 Å². The Kier molecular flexibility index (Phi) is 5.04. The Morgan fingerprint density at radius 1 is 1.50 bits per heavy atom. The van der Waals surface area contributed by atoms with Crippen LogP contribution in [0.1, 0.15) is 6.92 Å². The van der Waals surface area contributed by atoms with Gasteiger partial charge >= 0.3 is 0 Å². The van der Waals surface area contributed by atoms with Crippen molar-refractivity contribution in [3.8, 4) is 0 Å². The fourth-order valence-electron chi connectivity index (χ4n) is 1.05. The quantitative estimate of drug-likeness (QED) is 0.845. The van der Waals surface area contributed by atoms with Gasteiger partial charge in [-0.15, -0.1) is 0 Å². The second-order valence-corrected chi connectivity index (χ2v) is 4.41. The molecule has 0 aliphatic heterocycles. The molecule has 0 aliphatic carbocycles. The summed E-state index contributed by atoms with van der Waals surface area (Å²) in [5.74, 6) is 2.40. The fourth-order valence-corrected chi connectivity index (χ4v) is 1.91. The molecule has 1 aromatic rings. The second kappa shape index (κ2) is 6.09. The largest absolute Gasteiger partial charge is 0.367 e. The SMILES string of the molecule is CSCC(C)CNc1nccnc1Cl. The van der Waals surface area contributed by atoms with Gasteiger partial charge in [-0.2, -0.15) is 11.8 Å². The van der Waals surface area contributed by atoms with Crippen LogP contribution in [-0.4, -0.2) is 28.5 Å². The van der Waals surface area contributed by atoms with Gasteiger partial charge in [0.1, 0.15) is 0 Å². The fraction of sp³-hybridized carbons (Fsp3) is 0.556. The number of anilines is 1. The monoisotopic (exact) mass is 231 g/mol. The average Bonchev–Trinajstić information content (AvgIpc) is 2.17. The predicted octanol–water partition coefficient (Wildman–Crippen LogP) is 2.54. The van der Waals surface area contributed by atoms with Gasteiger partial charge in [-0.3, -0.25) is 0 Å². The lowest BCUT2D eigenvalue weighted by Gasteiger charge is -2.11. The van der Waals surface area contributed by atoms with Gasteiger partial charge in [0.2, 0.25) is 0 Å². The van der Waals surface area contributed by atoms with Crippen LogP contribution in [0.5, 0.6) is 0 Å². The van der Waals surface area contributed by atoms with Gasteiger partial charge in [0.05, 0.1) is 0 Å². The first-order valence-corrected chi connectivity index (χ1v) is 6.20. The first-order valence-electron chi connectivity index (χ1n) is 4.43. The van der Waals surface area contributed by atoms with E-state index >= 15 is 0 Å². The molecular formula is C9H14ClN3S. The highest BCUT2D eigenvalue weighted by Crippen LogP contribution is 2.15. The van der Waals surface area contributed by atoms with Crippen LogP contribution in [0, 0.1) is 5.92 Å². The summed E-state index contributed by atoms with van der Waals surface area (Å²) in [7, 11) is 0. The number of aromatic nitrogens is 2. The maximum Gasteiger partial charge on any atom is 0.171 e. The summed E-state index contributed by atoms with van der Waals surface area (Å²) < 4.78 is 0. The average molecular weight is 232 g/mol. The molecular weight excluding hydrogens is 218 g/mol. The molecule has 1 N–H and O–H groups in total. The summed E-state index contributed by atoms with van der Waals surface area (Å²) in [6.07, 6.45) is 5.32. The van der Waals surface area contributed by atoms with Crippen LogP contribution in [0.25, 0.3) is 0 Å². The first-order chi connectivity index (χ1) is 6.74. The highest BCUT2D eigenvalue weighted by Gasteiger charge is 2.04. The smallest absolute Gasteiger partial charge is 0.171 e. The minimum Gasteiger partial charge on any atom is -0.367 e. The summed E-state index contributed by atoms with van der Waals surface area (Å²) in [5, 5.41) is 3.61. The summed E-state index contributed by atoms with van der Waals surface area (Å²) in [5.41, 5.74) is 0. The van der Waals surface area contributed by atoms with E-state index in [9.17, 15) is 0 Å². The van der Waals surface area contributed by atoms with Crippen molar-refractivity contribution in [2.75, 3.05) is 23.9 Å². The molecule has 0 amide bonds. The van der Waals surface area contributed by atoms with E-state index in [0.717, 1.165) is 12.3 Å². The second-order valence-electron chi connectivity index (χ2n) is 3.14. The Morgan fingerprint density at radius 2 is 2.21 bits per heavy atom. The number of nitrogens with zero attached hydrogens (tertiary/aromatic N) is 2. The van der Waals surface area contributed by atoms with Crippen molar-refractivity contribution >= 4 is 29.2 Å². The molecule has 0 aromatic carbocycles. The van der Waals surface area contributed by atoms with Gasteiger partial charge in [0.25, 0.3) is 0 Å².